The van der Waals surface area contributed by atoms with E-state index in [-0.39, 0.29) is 6.67 Å². The smallest absolute Gasteiger partial charge is 0.0905 e. The van der Waals surface area contributed by atoms with Crippen LogP contribution in [0.1, 0.15) is 6.42 Å². The SMILES string of the molecule is FCC[CH]Sc1ccncc1. The molecule has 11 heavy (non-hydrogen) atoms. The summed E-state index contributed by atoms with van der Waals surface area (Å²) in [5.41, 5.74) is 0. The maximum atomic E-state index is 11.6. The largest absolute Gasteiger partial charge is 0.265 e. The molecule has 0 fully saturated rings. The van der Waals surface area contributed by atoms with Crippen LogP contribution in [0.5, 0.6) is 0 Å². The highest BCUT2D eigenvalue weighted by Crippen LogP contribution is 2.20. The third-order valence-corrected chi connectivity index (χ3v) is 2.04. The summed E-state index contributed by atoms with van der Waals surface area (Å²) in [5, 5.41) is 0. The third kappa shape index (κ3) is 3.37. The number of hydrogen-bond acceptors (Lipinski definition) is 2. The fourth-order valence-corrected chi connectivity index (χ4v) is 1.29. The van der Waals surface area contributed by atoms with Gasteiger partial charge in [0.15, 0.2) is 0 Å². The van der Waals surface area contributed by atoms with Crippen LogP contribution in [-0.4, -0.2) is 11.7 Å². The Hall–Kier alpha value is -0.570. The lowest BCUT2D eigenvalue weighted by Gasteiger charge is -1.96. The number of rotatable bonds is 4. The molecule has 1 aromatic heterocycles. The van der Waals surface area contributed by atoms with Crippen LogP contribution in [0.2, 0.25) is 0 Å². The molecule has 0 aliphatic rings. The van der Waals surface area contributed by atoms with Gasteiger partial charge in [-0.3, -0.25) is 9.37 Å². The first-order chi connectivity index (χ1) is 5.43. The van der Waals surface area contributed by atoms with Crippen LogP contribution in [0.4, 0.5) is 4.39 Å². The van der Waals surface area contributed by atoms with E-state index < -0.39 is 0 Å². The zero-order valence-corrected chi connectivity index (χ0v) is 6.85. The summed E-state index contributed by atoms with van der Waals surface area (Å²) in [4.78, 5) is 4.98. The van der Waals surface area contributed by atoms with Gasteiger partial charge in [-0.25, -0.2) is 0 Å². The predicted octanol–water partition coefficient (Wildman–Crippen LogP) is 2.70. The van der Waals surface area contributed by atoms with Crippen LogP contribution < -0.4 is 0 Å². The lowest BCUT2D eigenvalue weighted by Crippen LogP contribution is -1.75. The fraction of sp³-hybridized carbons (Fsp3) is 0.250. The van der Waals surface area contributed by atoms with E-state index in [0.29, 0.717) is 6.42 Å². The Morgan fingerprint density at radius 3 is 2.82 bits per heavy atom. The predicted molar refractivity (Wildman–Crippen MR) is 45.0 cm³/mol. The molecule has 0 aliphatic heterocycles. The van der Waals surface area contributed by atoms with E-state index in [0.717, 1.165) is 4.90 Å². The van der Waals surface area contributed by atoms with E-state index in [2.05, 4.69) is 4.98 Å². The molecule has 0 bridgehead atoms. The van der Waals surface area contributed by atoms with Crippen LogP contribution in [0.3, 0.4) is 0 Å². The normalized spacial score (nSPS) is 9.91. The summed E-state index contributed by atoms with van der Waals surface area (Å²) in [6.07, 6.45) is 3.96. The van der Waals surface area contributed by atoms with Gasteiger partial charge in [0.05, 0.1) is 6.67 Å². The van der Waals surface area contributed by atoms with Gasteiger partial charge in [-0.2, -0.15) is 0 Å². The first-order valence-electron chi connectivity index (χ1n) is 3.38. The Morgan fingerprint density at radius 2 is 2.18 bits per heavy atom. The molecule has 0 unspecified atom stereocenters. The molecule has 1 radical (unpaired) electrons. The highest BCUT2D eigenvalue weighted by molar-refractivity contribution is 8.01. The Kier molecular flexibility index (Phi) is 3.98. The van der Waals surface area contributed by atoms with Crippen LogP contribution >= 0.6 is 11.8 Å². The van der Waals surface area contributed by atoms with Crippen molar-refractivity contribution >= 4 is 11.8 Å². The Morgan fingerprint density at radius 1 is 1.45 bits per heavy atom. The molecular formula is C8H9FNS. The molecule has 1 rings (SSSR count). The van der Waals surface area contributed by atoms with E-state index in [9.17, 15) is 4.39 Å². The molecule has 0 amide bonds. The second-order valence-electron chi connectivity index (χ2n) is 1.95. The number of halogens is 1. The quantitative estimate of drug-likeness (QED) is 0.509. The summed E-state index contributed by atoms with van der Waals surface area (Å²) in [7, 11) is 0. The number of thioether (sulfide) groups is 1. The molecule has 59 valence electrons. The Labute approximate surface area is 70.0 Å². The maximum Gasteiger partial charge on any atom is 0.0905 e. The van der Waals surface area contributed by atoms with Gasteiger partial charge in [-0.05, 0) is 18.6 Å². The molecule has 1 aromatic rings. The Balaban J connectivity index is 2.28. The number of pyridine rings is 1. The van der Waals surface area contributed by atoms with Crippen molar-refractivity contribution in [1.82, 2.24) is 4.98 Å². The van der Waals surface area contributed by atoms with Gasteiger partial charge in [0, 0.05) is 23.0 Å². The number of nitrogens with zero attached hydrogens (tertiary/aromatic N) is 1. The van der Waals surface area contributed by atoms with Crippen molar-refractivity contribution in [2.45, 2.75) is 11.3 Å². The van der Waals surface area contributed by atoms with Gasteiger partial charge in [0.1, 0.15) is 0 Å². The van der Waals surface area contributed by atoms with E-state index in [1.165, 1.54) is 11.8 Å². The van der Waals surface area contributed by atoms with Crippen molar-refractivity contribution < 1.29 is 4.39 Å². The van der Waals surface area contributed by atoms with Crippen LogP contribution in [0.15, 0.2) is 29.4 Å². The third-order valence-electron chi connectivity index (χ3n) is 1.10. The van der Waals surface area contributed by atoms with Gasteiger partial charge < -0.3 is 0 Å². The van der Waals surface area contributed by atoms with Crippen molar-refractivity contribution in [3.63, 3.8) is 0 Å². The minimum absolute atomic E-state index is 0.280. The van der Waals surface area contributed by atoms with Crippen LogP contribution in [0.25, 0.3) is 0 Å². The van der Waals surface area contributed by atoms with Crippen molar-refractivity contribution in [2.75, 3.05) is 6.67 Å². The highest BCUT2D eigenvalue weighted by Gasteiger charge is 1.91. The second kappa shape index (κ2) is 5.13. The molecule has 1 nitrogen and oxygen atoms in total. The number of alkyl halides is 1. The van der Waals surface area contributed by atoms with Crippen LogP contribution in [0, 0.1) is 5.75 Å². The molecule has 0 aromatic carbocycles. The first-order valence-corrected chi connectivity index (χ1v) is 4.26. The molecule has 0 saturated heterocycles. The highest BCUT2D eigenvalue weighted by atomic mass is 32.2. The summed E-state index contributed by atoms with van der Waals surface area (Å²) in [5.74, 6) is 1.86. The Bertz CT molecular complexity index is 191. The molecular weight excluding hydrogens is 161 g/mol. The summed E-state index contributed by atoms with van der Waals surface area (Å²) in [6, 6.07) is 3.80. The molecule has 0 spiro atoms. The summed E-state index contributed by atoms with van der Waals surface area (Å²) < 4.78 is 11.6. The lowest BCUT2D eigenvalue weighted by atomic mass is 10.5. The van der Waals surface area contributed by atoms with E-state index in [1.807, 2.05) is 17.9 Å². The zero-order chi connectivity index (χ0) is 7.94. The van der Waals surface area contributed by atoms with Crippen molar-refractivity contribution in [3.05, 3.63) is 30.3 Å². The molecule has 0 atom stereocenters. The summed E-state index contributed by atoms with van der Waals surface area (Å²) >= 11 is 1.54. The maximum absolute atomic E-state index is 11.6. The topological polar surface area (TPSA) is 12.9 Å². The van der Waals surface area contributed by atoms with Gasteiger partial charge in [0.2, 0.25) is 0 Å². The fourth-order valence-electron chi connectivity index (χ4n) is 0.616. The molecule has 0 saturated carbocycles. The standard InChI is InChI=1S/C8H9FNS/c9-4-1-7-11-8-2-5-10-6-3-8/h2-3,5-7H,1,4H2. The molecule has 3 heteroatoms. The minimum atomic E-state index is -0.280. The summed E-state index contributed by atoms with van der Waals surface area (Å²) in [6.45, 7) is -0.280. The van der Waals surface area contributed by atoms with Gasteiger partial charge in [-0.1, -0.05) is 0 Å². The van der Waals surface area contributed by atoms with Crippen LogP contribution in [-0.2, 0) is 0 Å². The lowest BCUT2D eigenvalue weighted by molar-refractivity contribution is 0.498. The van der Waals surface area contributed by atoms with E-state index in [4.69, 9.17) is 0 Å². The van der Waals surface area contributed by atoms with Crippen molar-refractivity contribution in [1.29, 1.82) is 0 Å². The molecule has 1 heterocycles. The number of hydrogen-bond donors (Lipinski definition) is 0. The monoisotopic (exact) mass is 170 g/mol. The average Bonchev–Trinajstić information content (AvgIpc) is 2.07. The zero-order valence-electron chi connectivity index (χ0n) is 6.03. The number of aromatic nitrogens is 1. The first kappa shape index (κ1) is 8.53. The van der Waals surface area contributed by atoms with E-state index >= 15 is 0 Å². The average molecular weight is 170 g/mol. The van der Waals surface area contributed by atoms with Gasteiger partial charge >= 0.3 is 0 Å². The van der Waals surface area contributed by atoms with Gasteiger partial charge in [0.25, 0.3) is 0 Å². The van der Waals surface area contributed by atoms with Crippen molar-refractivity contribution in [2.24, 2.45) is 0 Å². The molecule has 0 N–H and O–H groups in total. The van der Waals surface area contributed by atoms with Gasteiger partial charge in [-0.15, -0.1) is 11.8 Å². The van der Waals surface area contributed by atoms with Crippen molar-refractivity contribution in [3.8, 4) is 0 Å². The van der Waals surface area contributed by atoms with E-state index in [1.54, 1.807) is 12.4 Å². The molecule has 0 aliphatic carbocycles. The second-order valence-corrected chi connectivity index (χ2v) is 2.99. The minimum Gasteiger partial charge on any atom is -0.265 e.